The maximum absolute atomic E-state index is 9.87. The van der Waals surface area contributed by atoms with Gasteiger partial charge in [0.1, 0.15) is 5.75 Å². The van der Waals surface area contributed by atoms with E-state index in [0.717, 1.165) is 12.1 Å². The monoisotopic (exact) mass is 376 g/mol. The molecule has 0 heterocycles. The van der Waals surface area contributed by atoms with Gasteiger partial charge in [0.2, 0.25) is 0 Å². The molecule has 1 aliphatic rings. The summed E-state index contributed by atoms with van der Waals surface area (Å²) >= 11 is 0. The van der Waals surface area contributed by atoms with Crippen molar-refractivity contribution in [3.05, 3.63) is 64.2 Å². The van der Waals surface area contributed by atoms with Crippen LogP contribution >= 0.6 is 0 Å². The van der Waals surface area contributed by atoms with Gasteiger partial charge >= 0.3 is 0 Å². The van der Waals surface area contributed by atoms with Gasteiger partial charge in [0.15, 0.2) is 0 Å². The van der Waals surface area contributed by atoms with Crippen LogP contribution in [0.5, 0.6) is 5.75 Å². The summed E-state index contributed by atoms with van der Waals surface area (Å²) in [7, 11) is 0. The summed E-state index contributed by atoms with van der Waals surface area (Å²) in [6.07, 6.45) is 4.98. The fourth-order valence-electron chi connectivity index (χ4n) is 4.12. The SMILES string of the molecule is CCc1cc2c(cc1C(C)=NN=Cc1ccccc1O)C(C)(C)CCC2(C)C. The van der Waals surface area contributed by atoms with Crippen LogP contribution in [-0.2, 0) is 17.3 Å². The highest BCUT2D eigenvalue weighted by atomic mass is 16.3. The number of hydrogen-bond acceptors (Lipinski definition) is 3. The number of nitrogens with zero attached hydrogens (tertiary/aromatic N) is 2. The lowest BCUT2D eigenvalue weighted by Crippen LogP contribution is -2.34. The van der Waals surface area contributed by atoms with Crippen molar-refractivity contribution in [2.24, 2.45) is 10.2 Å². The van der Waals surface area contributed by atoms with Gasteiger partial charge in [0.25, 0.3) is 0 Å². The highest BCUT2D eigenvalue weighted by molar-refractivity contribution is 6.00. The van der Waals surface area contributed by atoms with Crippen LogP contribution in [-0.4, -0.2) is 17.0 Å². The third-order valence-corrected chi connectivity index (χ3v) is 6.19. The number of phenols is 1. The molecule has 148 valence electrons. The number of rotatable bonds is 4. The highest BCUT2D eigenvalue weighted by Gasteiger charge is 2.37. The smallest absolute Gasteiger partial charge is 0.124 e. The molecule has 0 aromatic heterocycles. The molecule has 0 spiro atoms. The van der Waals surface area contributed by atoms with E-state index in [1.807, 2.05) is 19.1 Å². The Labute approximate surface area is 169 Å². The van der Waals surface area contributed by atoms with Gasteiger partial charge in [0.05, 0.1) is 11.9 Å². The van der Waals surface area contributed by atoms with Crippen molar-refractivity contribution in [3.63, 3.8) is 0 Å². The molecule has 0 unspecified atom stereocenters. The summed E-state index contributed by atoms with van der Waals surface area (Å²) in [5, 5.41) is 18.6. The highest BCUT2D eigenvalue weighted by Crippen LogP contribution is 2.46. The minimum Gasteiger partial charge on any atom is -0.507 e. The van der Waals surface area contributed by atoms with Crippen molar-refractivity contribution < 1.29 is 5.11 Å². The third-order valence-electron chi connectivity index (χ3n) is 6.19. The summed E-state index contributed by atoms with van der Waals surface area (Å²) in [4.78, 5) is 0. The first-order valence-corrected chi connectivity index (χ1v) is 10.2. The van der Waals surface area contributed by atoms with Crippen molar-refractivity contribution >= 4 is 11.9 Å². The number of hydrogen-bond donors (Lipinski definition) is 1. The molecule has 1 N–H and O–H groups in total. The van der Waals surface area contributed by atoms with Gasteiger partial charge in [0, 0.05) is 11.1 Å². The lowest BCUT2D eigenvalue weighted by atomic mass is 9.62. The number of aromatic hydroxyl groups is 1. The van der Waals surface area contributed by atoms with E-state index in [9.17, 15) is 5.11 Å². The van der Waals surface area contributed by atoms with Gasteiger partial charge in [-0.05, 0) is 71.9 Å². The fraction of sp³-hybridized carbons (Fsp3) is 0.440. The Balaban J connectivity index is 2.03. The summed E-state index contributed by atoms with van der Waals surface area (Å²) < 4.78 is 0. The Morgan fingerprint density at radius 3 is 2.25 bits per heavy atom. The van der Waals surface area contributed by atoms with Crippen LogP contribution in [0.25, 0.3) is 0 Å². The van der Waals surface area contributed by atoms with Crippen LogP contribution in [0.2, 0.25) is 0 Å². The number of aryl methyl sites for hydroxylation is 1. The summed E-state index contributed by atoms with van der Waals surface area (Å²) in [6, 6.07) is 11.9. The van der Waals surface area contributed by atoms with E-state index in [4.69, 9.17) is 0 Å². The Kier molecular flexibility index (Phi) is 5.47. The lowest BCUT2D eigenvalue weighted by molar-refractivity contribution is 0.331. The van der Waals surface area contributed by atoms with E-state index in [1.54, 1.807) is 18.3 Å². The van der Waals surface area contributed by atoms with Gasteiger partial charge in [-0.25, -0.2) is 0 Å². The molecule has 0 bridgehead atoms. The normalized spacial score (nSPS) is 18.3. The largest absolute Gasteiger partial charge is 0.507 e. The molecule has 2 aromatic rings. The van der Waals surface area contributed by atoms with Crippen molar-refractivity contribution in [1.29, 1.82) is 0 Å². The van der Waals surface area contributed by atoms with Crippen molar-refractivity contribution in [3.8, 4) is 5.75 Å². The van der Waals surface area contributed by atoms with E-state index in [0.29, 0.717) is 5.56 Å². The maximum Gasteiger partial charge on any atom is 0.124 e. The molecule has 0 saturated heterocycles. The molecule has 0 atom stereocenters. The second kappa shape index (κ2) is 7.54. The summed E-state index contributed by atoms with van der Waals surface area (Å²) in [6.45, 7) is 13.6. The molecule has 3 nitrogen and oxygen atoms in total. The van der Waals surface area contributed by atoms with Gasteiger partial charge in [-0.2, -0.15) is 10.2 Å². The number of para-hydroxylation sites is 1. The quantitative estimate of drug-likeness (QED) is 0.505. The molecule has 0 fully saturated rings. The molecule has 3 rings (SSSR count). The second-order valence-corrected chi connectivity index (χ2v) is 9.17. The van der Waals surface area contributed by atoms with Crippen molar-refractivity contribution in [1.82, 2.24) is 0 Å². The standard InChI is InChI=1S/C25H32N2O/c1-7-18-14-21-22(25(5,6)13-12-24(21,3)4)15-20(18)17(2)27-26-16-19-10-8-9-11-23(19)28/h8-11,14-16,28H,7,12-13H2,1-6H3. The van der Waals surface area contributed by atoms with Crippen molar-refractivity contribution in [2.75, 3.05) is 0 Å². The third kappa shape index (κ3) is 3.89. The number of benzene rings is 2. The molecule has 0 radical (unpaired) electrons. The zero-order valence-corrected chi connectivity index (χ0v) is 18.0. The Bertz CT molecular complexity index is 936. The minimum atomic E-state index is 0.172. The summed E-state index contributed by atoms with van der Waals surface area (Å²) in [5.41, 5.74) is 7.38. The van der Waals surface area contributed by atoms with Crippen LogP contribution in [0.1, 0.15) is 82.2 Å². The van der Waals surface area contributed by atoms with Gasteiger partial charge in [-0.1, -0.05) is 52.8 Å². The van der Waals surface area contributed by atoms with Crippen LogP contribution in [0, 0.1) is 0 Å². The van der Waals surface area contributed by atoms with E-state index in [2.05, 4.69) is 57.0 Å². The number of fused-ring (bicyclic) bond motifs is 1. The Morgan fingerprint density at radius 1 is 1.04 bits per heavy atom. The molecule has 3 heteroatoms. The summed E-state index contributed by atoms with van der Waals surface area (Å²) in [5.74, 6) is 0.214. The molecule has 0 aliphatic heterocycles. The predicted molar refractivity (Wildman–Crippen MR) is 119 cm³/mol. The predicted octanol–water partition coefficient (Wildman–Crippen LogP) is 6.15. The van der Waals surface area contributed by atoms with Crippen molar-refractivity contribution in [2.45, 2.75) is 71.6 Å². The average molecular weight is 377 g/mol. The van der Waals surface area contributed by atoms with E-state index < -0.39 is 0 Å². The van der Waals surface area contributed by atoms with E-state index >= 15 is 0 Å². The molecule has 1 aliphatic carbocycles. The first-order valence-electron chi connectivity index (χ1n) is 10.2. The maximum atomic E-state index is 9.87. The topological polar surface area (TPSA) is 45.0 Å². The van der Waals surface area contributed by atoms with Gasteiger partial charge in [-0.3, -0.25) is 0 Å². The van der Waals surface area contributed by atoms with Gasteiger partial charge in [-0.15, -0.1) is 0 Å². The molecular formula is C25H32N2O. The lowest BCUT2D eigenvalue weighted by Gasteiger charge is -2.42. The Morgan fingerprint density at radius 2 is 1.64 bits per heavy atom. The Hall–Kier alpha value is -2.42. The number of phenolic OH excluding ortho intramolecular Hbond substituents is 1. The second-order valence-electron chi connectivity index (χ2n) is 9.17. The fourth-order valence-corrected chi connectivity index (χ4v) is 4.12. The van der Waals surface area contributed by atoms with Crippen LogP contribution in [0.4, 0.5) is 0 Å². The van der Waals surface area contributed by atoms with Crippen LogP contribution in [0.15, 0.2) is 46.6 Å². The zero-order chi connectivity index (χ0) is 20.5. The molecule has 0 saturated carbocycles. The first kappa shape index (κ1) is 20.3. The zero-order valence-electron chi connectivity index (χ0n) is 18.0. The van der Waals surface area contributed by atoms with Crippen LogP contribution in [0.3, 0.4) is 0 Å². The van der Waals surface area contributed by atoms with Crippen LogP contribution < -0.4 is 0 Å². The first-order chi connectivity index (χ1) is 13.2. The molecule has 2 aromatic carbocycles. The molecular weight excluding hydrogens is 344 g/mol. The molecule has 0 amide bonds. The average Bonchev–Trinajstić information content (AvgIpc) is 2.66. The molecule has 28 heavy (non-hydrogen) atoms. The van der Waals surface area contributed by atoms with Gasteiger partial charge < -0.3 is 5.11 Å². The minimum absolute atomic E-state index is 0.172. The van der Waals surface area contributed by atoms with E-state index in [-0.39, 0.29) is 16.6 Å². The van der Waals surface area contributed by atoms with E-state index in [1.165, 1.54) is 35.1 Å².